The van der Waals surface area contributed by atoms with E-state index in [0.29, 0.717) is 6.61 Å². The zero-order valence-electron chi connectivity index (χ0n) is 10.5. The Morgan fingerprint density at radius 1 is 1.61 bits per heavy atom. The van der Waals surface area contributed by atoms with E-state index in [1.807, 2.05) is 31.2 Å². The Balaban J connectivity index is 1.96. The lowest BCUT2D eigenvalue weighted by Crippen LogP contribution is -2.42. The highest BCUT2D eigenvalue weighted by molar-refractivity contribution is 9.10. The number of hydrogen-bond donors (Lipinski definition) is 1. The zero-order valence-corrected chi connectivity index (χ0v) is 12.1. The molecule has 1 aliphatic carbocycles. The molecule has 2 N–H and O–H groups in total. The Kier molecular flexibility index (Phi) is 4.07. The van der Waals surface area contributed by atoms with E-state index < -0.39 is 5.41 Å². The first-order valence-corrected chi connectivity index (χ1v) is 6.99. The Bertz CT molecular complexity index is 449. The number of ether oxygens (including phenoxy) is 1. The number of halogens is 1. The van der Waals surface area contributed by atoms with Crippen molar-refractivity contribution in [2.45, 2.75) is 38.8 Å². The maximum absolute atomic E-state index is 12.1. The van der Waals surface area contributed by atoms with Crippen molar-refractivity contribution >= 4 is 21.9 Å². The third-order valence-corrected chi connectivity index (χ3v) is 4.25. The van der Waals surface area contributed by atoms with Crippen molar-refractivity contribution in [2.75, 3.05) is 0 Å². The van der Waals surface area contributed by atoms with Crippen molar-refractivity contribution in [2.24, 2.45) is 11.1 Å². The van der Waals surface area contributed by atoms with Crippen LogP contribution in [0.4, 0.5) is 0 Å². The van der Waals surface area contributed by atoms with Gasteiger partial charge in [-0.05, 0) is 37.5 Å². The molecule has 0 saturated heterocycles. The van der Waals surface area contributed by atoms with Crippen molar-refractivity contribution in [3.05, 3.63) is 34.3 Å². The van der Waals surface area contributed by atoms with Gasteiger partial charge in [-0.3, -0.25) is 4.79 Å². The molecule has 2 unspecified atom stereocenters. The van der Waals surface area contributed by atoms with Gasteiger partial charge in [0, 0.05) is 10.5 Å². The summed E-state index contributed by atoms with van der Waals surface area (Å²) in [7, 11) is 0. The second kappa shape index (κ2) is 5.41. The summed E-state index contributed by atoms with van der Waals surface area (Å²) in [4.78, 5) is 12.1. The molecule has 0 amide bonds. The van der Waals surface area contributed by atoms with Gasteiger partial charge in [0.1, 0.15) is 6.61 Å². The van der Waals surface area contributed by atoms with E-state index in [0.717, 1.165) is 29.3 Å². The van der Waals surface area contributed by atoms with Gasteiger partial charge in [0.05, 0.1) is 5.41 Å². The lowest BCUT2D eigenvalue weighted by atomic mass is 9.85. The lowest BCUT2D eigenvalue weighted by Gasteiger charge is -2.26. The molecule has 1 saturated carbocycles. The number of hydrogen-bond acceptors (Lipinski definition) is 3. The van der Waals surface area contributed by atoms with Crippen LogP contribution in [0.2, 0.25) is 0 Å². The molecule has 2 rings (SSSR count). The van der Waals surface area contributed by atoms with E-state index in [1.165, 1.54) is 0 Å². The van der Waals surface area contributed by atoms with E-state index in [9.17, 15) is 4.79 Å². The fourth-order valence-electron chi connectivity index (χ4n) is 2.39. The van der Waals surface area contributed by atoms with Gasteiger partial charge in [0.25, 0.3) is 0 Å². The molecular weight excluding hydrogens is 294 g/mol. The second-order valence-corrected chi connectivity index (χ2v) is 6.04. The largest absolute Gasteiger partial charge is 0.460 e. The van der Waals surface area contributed by atoms with Gasteiger partial charge in [-0.1, -0.05) is 34.5 Å². The molecule has 98 valence electrons. The maximum atomic E-state index is 12.1. The first kappa shape index (κ1) is 13.6. The third kappa shape index (κ3) is 2.75. The Morgan fingerprint density at radius 3 is 3.00 bits per heavy atom. The molecular formula is C14H18BrNO2. The highest BCUT2D eigenvalue weighted by atomic mass is 79.9. The first-order chi connectivity index (χ1) is 8.52. The molecule has 4 heteroatoms. The monoisotopic (exact) mass is 311 g/mol. The summed E-state index contributed by atoms with van der Waals surface area (Å²) in [6, 6.07) is 7.68. The van der Waals surface area contributed by atoms with Crippen molar-refractivity contribution in [3.63, 3.8) is 0 Å². The van der Waals surface area contributed by atoms with E-state index in [4.69, 9.17) is 10.5 Å². The van der Waals surface area contributed by atoms with E-state index >= 15 is 0 Å². The van der Waals surface area contributed by atoms with Crippen LogP contribution in [0.3, 0.4) is 0 Å². The summed E-state index contributed by atoms with van der Waals surface area (Å²) in [5.41, 5.74) is 6.47. The van der Waals surface area contributed by atoms with Crippen LogP contribution in [-0.4, -0.2) is 12.0 Å². The smallest absolute Gasteiger partial charge is 0.313 e. The molecule has 1 aromatic carbocycles. The van der Waals surface area contributed by atoms with Gasteiger partial charge in [-0.2, -0.15) is 0 Å². The molecule has 0 heterocycles. The standard InChI is InChI=1S/C14H18BrNO2/c1-14(7-3-6-12(14)16)13(17)18-9-10-4-2-5-11(15)8-10/h2,4-5,8,12H,3,6-7,9,16H2,1H3. The first-order valence-electron chi connectivity index (χ1n) is 6.19. The van der Waals surface area contributed by atoms with Gasteiger partial charge in [-0.25, -0.2) is 0 Å². The third-order valence-electron chi connectivity index (χ3n) is 3.75. The average Bonchev–Trinajstić information content (AvgIpc) is 2.68. The van der Waals surface area contributed by atoms with Crippen LogP contribution in [0.25, 0.3) is 0 Å². The molecule has 3 nitrogen and oxygen atoms in total. The summed E-state index contributed by atoms with van der Waals surface area (Å²) in [6.45, 7) is 2.22. The Hall–Kier alpha value is -0.870. The molecule has 0 aliphatic heterocycles. The Morgan fingerprint density at radius 2 is 2.39 bits per heavy atom. The molecule has 1 aromatic rings. The molecule has 1 aliphatic rings. The molecule has 2 atom stereocenters. The molecule has 1 fully saturated rings. The second-order valence-electron chi connectivity index (χ2n) is 5.12. The number of benzene rings is 1. The highest BCUT2D eigenvalue weighted by Crippen LogP contribution is 2.37. The molecule has 18 heavy (non-hydrogen) atoms. The van der Waals surface area contributed by atoms with Gasteiger partial charge >= 0.3 is 5.97 Å². The Labute approximate surface area is 116 Å². The number of carbonyl (C=O) groups is 1. The van der Waals surface area contributed by atoms with Crippen molar-refractivity contribution < 1.29 is 9.53 Å². The molecule has 0 aromatic heterocycles. The molecule has 0 bridgehead atoms. The minimum absolute atomic E-state index is 0.0764. The summed E-state index contributed by atoms with van der Waals surface area (Å²) in [5.74, 6) is -0.174. The van der Waals surface area contributed by atoms with Crippen LogP contribution in [0.15, 0.2) is 28.7 Å². The predicted octanol–water partition coefficient (Wildman–Crippen LogP) is 3.01. The lowest BCUT2D eigenvalue weighted by molar-refractivity contribution is -0.156. The number of nitrogens with two attached hydrogens (primary N) is 1. The van der Waals surface area contributed by atoms with E-state index in [1.54, 1.807) is 0 Å². The highest BCUT2D eigenvalue weighted by Gasteiger charge is 2.44. The normalized spacial score (nSPS) is 27.2. The average molecular weight is 312 g/mol. The van der Waals surface area contributed by atoms with Gasteiger partial charge < -0.3 is 10.5 Å². The fraction of sp³-hybridized carbons (Fsp3) is 0.500. The van der Waals surface area contributed by atoms with E-state index in [-0.39, 0.29) is 12.0 Å². The van der Waals surface area contributed by atoms with Crippen LogP contribution in [0.5, 0.6) is 0 Å². The minimum Gasteiger partial charge on any atom is -0.460 e. The van der Waals surface area contributed by atoms with Crippen LogP contribution in [0, 0.1) is 5.41 Å². The van der Waals surface area contributed by atoms with Crippen LogP contribution < -0.4 is 5.73 Å². The number of esters is 1. The number of carbonyl (C=O) groups excluding carboxylic acids is 1. The topological polar surface area (TPSA) is 52.3 Å². The summed E-state index contributed by atoms with van der Waals surface area (Å²) in [5, 5.41) is 0. The molecule has 0 spiro atoms. The predicted molar refractivity (Wildman–Crippen MR) is 73.9 cm³/mol. The SMILES string of the molecule is CC1(C(=O)OCc2cccc(Br)c2)CCCC1N. The molecule has 0 radical (unpaired) electrons. The van der Waals surface area contributed by atoms with Crippen LogP contribution >= 0.6 is 15.9 Å². The van der Waals surface area contributed by atoms with Crippen molar-refractivity contribution in [3.8, 4) is 0 Å². The van der Waals surface area contributed by atoms with Crippen LogP contribution in [0.1, 0.15) is 31.7 Å². The fourth-order valence-corrected chi connectivity index (χ4v) is 2.83. The minimum atomic E-state index is -0.508. The summed E-state index contributed by atoms with van der Waals surface area (Å²) in [6.07, 6.45) is 2.73. The van der Waals surface area contributed by atoms with Gasteiger partial charge in [-0.15, -0.1) is 0 Å². The van der Waals surface area contributed by atoms with Crippen molar-refractivity contribution in [1.82, 2.24) is 0 Å². The number of rotatable bonds is 3. The van der Waals surface area contributed by atoms with E-state index in [2.05, 4.69) is 15.9 Å². The van der Waals surface area contributed by atoms with Crippen molar-refractivity contribution in [1.29, 1.82) is 0 Å². The van der Waals surface area contributed by atoms with Gasteiger partial charge in [0.15, 0.2) is 0 Å². The van der Waals surface area contributed by atoms with Crippen LogP contribution in [-0.2, 0) is 16.1 Å². The summed E-state index contributed by atoms with van der Waals surface area (Å²) >= 11 is 3.40. The van der Waals surface area contributed by atoms with Gasteiger partial charge in [0.2, 0.25) is 0 Å². The quantitative estimate of drug-likeness (QED) is 0.873. The zero-order chi connectivity index (χ0) is 13.2. The summed E-state index contributed by atoms with van der Waals surface area (Å²) < 4.78 is 6.39. The maximum Gasteiger partial charge on any atom is 0.313 e.